The van der Waals surface area contributed by atoms with Crippen molar-refractivity contribution < 1.29 is 9.32 Å². The normalized spacial score (nSPS) is 9.94. The maximum absolute atomic E-state index is 11.5. The van der Waals surface area contributed by atoms with E-state index in [4.69, 9.17) is 16.1 Å². The van der Waals surface area contributed by atoms with E-state index in [0.717, 1.165) is 24.3 Å². The van der Waals surface area contributed by atoms with Crippen molar-refractivity contribution in [1.29, 1.82) is 0 Å². The van der Waals surface area contributed by atoms with Gasteiger partial charge < -0.3 is 15.2 Å². The van der Waals surface area contributed by atoms with Gasteiger partial charge in [0.15, 0.2) is 0 Å². The molecule has 5 nitrogen and oxygen atoms in total. The van der Waals surface area contributed by atoms with Crippen LogP contribution in [0.25, 0.3) is 0 Å². The summed E-state index contributed by atoms with van der Waals surface area (Å²) < 4.78 is 4.81. The van der Waals surface area contributed by atoms with Gasteiger partial charge in [0.25, 0.3) is 0 Å². The minimum atomic E-state index is 0. The SMILES string of the molecule is CCNCCNC(=O)CCc1c(C)noc1Cl.Cl. The summed E-state index contributed by atoms with van der Waals surface area (Å²) in [6.07, 6.45) is 0.953. The lowest BCUT2D eigenvalue weighted by Gasteiger charge is -2.05. The molecule has 1 heterocycles. The van der Waals surface area contributed by atoms with Crippen LogP contribution in [-0.4, -0.2) is 30.7 Å². The van der Waals surface area contributed by atoms with Crippen LogP contribution in [0, 0.1) is 6.92 Å². The minimum absolute atomic E-state index is 0. The van der Waals surface area contributed by atoms with Gasteiger partial charge >= 0.3 is 0 Å². The van der Waals surface area contributed by atoms with E-state index in [0.29, 0.717) is 19.4 Å². The molecule has 0 bridgehead atoms. The van der Waals surface area contributed by atoms with Gasteiger partial charge in [-0.3, -0.25) is 4.79 Å². The van der Waals surface area contributed by atoms with E-state index in [2.05, 4.69) is 15.8 Å². The van der Waals surface area contributed by atoms with Crippen LogP contribution in [0.2, 0.25) is 5.22 Å². The number of likely N-dealkylation sites (N-methyl/N-ethyl adjacent to an activating group) is 1. The van der Waals surface area contributed by atoms with Crippen LogP contribution < -0.4 is 10.6 Å². The third kappa shape index (κ3) is 5.71. The number of aryl methyl sites for hydroxylation is 1. The molecule has 1 amide bonds. The summed E-state index contributed by atoms with van der Waals surface area (Å²) >= 11 is 5.80. The fourth-order valence-electron chi connectivity index (χ4n) is 1.43. The average Bonchev–Trinajstić information content (AvgIpc) is 2.62. The Morgan fingerprint density at radius 2 is 2.17 bits per heavy atom. The van der Waals surface area contributed by atoms with E-state index in [1.165, 1.54) is 0 Å². The van der Waals surface area contributed by atoms with Crippen molar-refractivity contribution in [1.82, 2.24) is 15.8 Å². The van der Waals surface area contributed by atoms with Crippen LogP contribution in [-0.2, 0) is 11.2 Å². The van der Waals surface area contributed by atoms with Crippen LogP contribution in [0.5, 0.6) is 0 Å². The Morgan fingerprint density at radius 1 is 1.44 bits per heavy atom. The van der Waals surface area contributed by atoms with E-state index in [1.807, 2.05) is 13.8 Å². The molecule has 0 spiro atoms. The molecule has 1 aromatic rings. The first kappa shape index (κ1) is 17.2. The van der Waals surface area contributed by atoms with Crippen molar-refractivity contribution in [3.05, 3.63) is 16.5 Å². The van der Waals surface area contributed by atoms with Gasteiger partial charge in [0.2, 0.25) is 11.1 Å². The Balaban J connectivity index is 0.00000289. The number of nitrogens with one attached hydrogen (secondary N) is 2. The number of amides is 1. The largest absolute Gasteiger partial charge is 0.355 e. The Morgan fingerprint density at radius 3 is 2.72 bits per heavy atom. The molecule has 0 radical (unpaired) electrons. The van der Waals surface area contributed by atoms with Gasteiger partial charge in [-0.05, 0) is 31.5 Å². The molecule has 2 N–H and O–H groups in total. The number of hydrogen-bond donors (Lipinski definition) is 2. The van der Waals surface area contributed by atoms with Crippen LogP contribution in [0.4, 0.5) is 0 Å². The second-order valence-electron chi connectivity index (χ2n) is 3.72. The van der Waals surface area contributed by atoms with Gasteiger partial charge in [-0.1, -0.05) is 12.1 Å². The van der Waals surface area contributed by atoms with E-state index in [-0.39, 0.29) is 23.5 Å². The van der Waals surface area contributed by atoms with Crippen LogP contribution >= 0.6 is 24.0 Å². The van der Waals surface area contributed by atoms with Gasteiger partial charge in [-0.2, -0.15) is 0 Å². The maximum atomic E-state index is 11.5. The minimum Gasteiger partial charge on any atom is -0.355 e. The predicted molar refractivity (Wildman–Crippen MR) is 73.4 cm³/mol. The molecule has 0 aliphatic carbocycles. The molecule has 0 atom stereocenters. The smallest absolute Gasteiger partial charge is 0.229 e. The molecule has 1 aromatic heterocycles. The molecular formula is C11H19Cl2N3O2. The molecule has 0 saturated heterocycles. The van der Waals surface area contributed by atoms with Gasteiger partial charge in [0.05, 0.1) is 5.69 Å². The van der Waals surface area contributed by atoms with Crippen molar-refractivity contribution in [2.75, 3.05) is 19.6 Å². The second-order valence-corrected chi connectivity index (χ2v) is 4.07. The first-order valence-electron chi connectivity index (χ1n) is 5.73. The summed E-state index contributed by atoms with van der Waals surface area (Å²) in [5, 5.41) is 9.97. The summed E-state index contributed by atoms with van der Waals surface area (Å²) in [6, 6.07) is 0. The topological polar surface area (TPSA) is 67.2 Å². The van der Waals surface area contributed by atoms with Crippen molar-refractivity contribution in [3.63, 3.8) is 0 Å². The highest BCUT2D eigenvalue weighted by atomic mass is 35.5. The number of nitrogens with zero attached hydrogens (tertiary/aromatic N) is 1. The lowest BCUT2D eigenvalue weighted by atomic mass is 10.1. The second kappa shape index (κ2) is 9.19. The molecule has 7 heteroatoms. The predicted octanol–water partition coefficient (Wildman–Crippen LogP) is 1.72. The summed E-state index contributed by atoms with van der Waals surface area (Å²) in [5.41, 5.74) is 1.56. The molecule has 0 aromatic carbocycles. The number of halogens is 2. The molecule has 0 aliphatic heterocycles. The Kier molecular flexibility index (Phi) is 8.79. The lowest BCUT2D eigenvalue weighted by molar-refractivity contribution is -0.121. The van der Waals surface area contributed by atoms with E-state index < -0.39 is 0 Å². The molecular weight excluding hydrogens is 277 g/mol. The number of aromatic nitrogens is 1. The van der Waals surface area contributed by atoms with Crippen LogP contribution in [0.3, 0.4) is 0 Å². The van der Waals surface area contributed by atoms with Crippen molar-refractivity contribution in [3.8, 4) is 0 Å². The zero-order chi connectivity index (χ0) is 12.7. The van der Waals surface area contributed by atoms with Gasteiger partial charge in [0, 0.05) is 25.1 Å². The highest BCUT2D eigenvalue weighted by molar-refractivity contribution is 6.29. The Bertz CT molecular complexity index is 350. The van der Waals surface area contributed by atoms with E-state index >= 15 is 0 Å². The first-order valence-corrected chi connectivity index (χ1v) is 6.11. The van der Waals surface area contributed by atoms with Crippen LogP contribution in [0.1, 0.15) is 24.6 Å². The summed E-state index contributed by atoms with van der Waals surface area (Å²) in [4.78, 5) is 11.5. The van der Waals surface area contributed by atoms with Gasteiger partial charge in [-0.25, -0.2) is 0 Å². The third-order valence-electron chi connectivity index (χ3n) is 2.41. The van der Waals surface area contributed by atoms with Crippen molar-refractivity contribution in [2.24, 2.45) is 0 Å². The Labute approximate surface area is 118 Å². The van der Waals surface area contributed by atoms with Gasteiger partial charge in [0.1, 0.15) is 0 Å². The molecule has 1 rings (SSSR count). The maximum Gasteiger partial charge on any atom is 0.229 e. The Hall–Kier alpha value is -0.780. The van der Waals surface area contributed by atoms with Crippen molar-refractivity contribution in [2.45, 2.75) is 26.7 Å². The summed E-state index contributed by atoms with van der Waals surface area (Å²) in [6.45, 7) is 6.18. The number of hydrogen-bond acceptors (Lipinski definition) is 4. The zero-order valence-corrected chi connectivity index (χ0v) is 12.2. The number of carbonyl (C=O) groups excluding carboxylic acids is 1. The monoisotopic (exact) mass is 295 g/mol. The molecule has 18 heavy (non-hydrogen) atoms. The van der Waals surface area contributed by atoms with E-state index in [1.54, 1.807) is 0 Å². The fraction of sp³-hybridized carbons (Fsp3) is 0.636. The van der Waals surface area contributed by atoms with Crippen molar-refractivity contribution >= 4 is 29.9 Å². The average molecular weight is 296 g/mol. The number of carbonyl (C=O) groups is 1. The fourth-order valence-corrected chi connectivity index (χ4v) is 1.70. The number of rotatable bonds is 7. The highest BCUT2D eigenvalue weighted by Gasteiger charge is 2.12. The molecule has 0 aliphatic rings. The standard InChI is InChI=1S/C11H18ClN3O2.ClH/c1-3-13-6-7-14-10(16)5-4-9-8(2)15-17-11(9)12;/h13H,3-7H2,1-2H3,(H,14,16);1H. The summed E-state index contributed by atoms with van der Waals surface area (Å²) in [5.74, 6) is 0.0135. The molecule has 104 valence electrons. The zero-order valence-electron chi connectivity index (χ0n) is 10.6. The lowest BCUT2D eigenvalue weighted by Crippen LogP contribution is -2.31. The third-order valence-corrected chi connectivity index (χ3v) is 2.71. The molecule has 0 saturated carbocycles. The first-order chi connectivity index (χ1) is 8.15. The molecule has 0 fully saturated rings. The highest BCUT2D eigenvalue weighted by Crippen LogP contribution is 2.20. The van der Waals surface area contributed by atoms with Gasteiger partial charge in [-0.15, -0.1) is 12.4 Å². The quantitative estimate of drug-likeness (QED) is 0.752. The summed E-state index contributed by atoms with van der Waals surface area (Å²) in [7, 11) is 0. The van der Waals surface area contributed by atoms with E-state index in [9.17, 15) is 4.79 Å². The van der Waals surface area contributed by atoms with Crippen LogP contribution in [0.15, 0.2) is 4.52 Å². The molecule has 0 unspecified atom stereocenters.